The van der Waals surface area contributed by atoms with Crippen molar-refractivity contribution >= 4 is 5.91 Å². The largest absolute Gasteiger partial charge is 0.485 e. The Bertz CT molecular complexity index is 666. The standard InChI is InChI=1S/C18H19NO3/c1-12-7-9-14(10-8-12)13(2)19-18(20)17-11-21-15-5-3-4-6-16(15)22-17/h3-10,13,17H,11H2,1-2H3,(H,19,20)/t13-,17-/m0/s1. The molecule has 1 aliphatic rings. The maximum absolute atomic E-state index is 12.3. The van der Waals surface area contributed by atoms with Crippen LogP contribution in [0.1, 0.15) is 24.1 Å². The van der Waals surface area contributed by atoms with Crippen LogP contribution in [0.3, 0.4) is 0 Å². The molecule has 0 fully saturated rings. The average molecular weight is 297 g/mol. The fraction of sp³-hybridized carbons (Fsp3) is 0.278. The molecule has 0 bridgehead atoms. The van der Waals surface area contributed by atoms with Crippen LogP contribution in [0.25, 0.3) is 0 Å². The highest BCUT2D eigenvalue weighted by atomic mass is 16.6. The topological polar surface area (TPSA) is 47.6 Å². The van der Waals surface area contributed by atoms with Crippen LogP contribution in [0.4, 0.5) is 0 Å². The van der Waals surface area contributed by atoms with Gasteiger partial charge in [-0.25, -0.2) is 0 Å². The van der Waals surface area contributed by atoms with Crippen molar-refractivity contribution in [3.05, 3.63) is 59.7 Å². The van der Waals surface area contributed by atoms with E-state index in [1.807, 2.05) is 56.3 Å². The summed E-state index contributed by atoms with van der Waals surface area (Å²) >= 11 is 0. The number of ether oxygens (including phenoxy) is 2. The van der Waals surface area contributed by atoms with Gasteiger partial charge in [0.1, 0.15) is 6.61 Å². The van der Waals surface area contributed by atoms with Gasteiger partial charge in [0.25, 0.3) is 5.91 Å². The third-order valence-corrected chi connectivity index (χ3v) is 3.74. The lowest BCUT2D eigenvalue weighted by Gasteiger charge is -2.26. The van der Waals surface area contributed by atoms with Gasteiger partial charge in [-0.1, -0.05) is 42.0 Å². The molecule has 1 heterocycles. The van der Waals surface area contributed by atoms with Crippen molar-refractivity contribution < 1.29 is 14.3 Å². The van der Waals surface area contributed by atoms with Crippen molar-refractivity contribution in [1.82, 2.24) is 5.32 Å². The van der Waals surface area contributed by atoms with Crippen molar-refractivity contribution in [2.45, 2.75) is 26.0 Å². The van der Waals surface area contributed by atoms with Gasteiger partial charge in [-0.3, -0.25) is 4.79 Å². The lowest BCUT2D eigenvalue weighted by molar-refractivity contribution is -0.131. The second-order valence-corrected chi connectivity index (χ2v) is 5.51. The highest BCUT2D eigenvalue weighted by Crippen LogP contribution is 2.31. The molecular weight excluding hydrogens is 278 g/mol. The van der Waals surface area contributed by atoms with Crippen LogP contribution in [0.5, 0.6) is 11.5 Å². The molecule has 2 atom stereocenters. The van der Waals surface area contributed by atoms with Gasteiger partial charge < -0.3 is 14.8 Å². The lowest BCUT2D eigenvalue weighted by Crippen LogP contribution is -2.44. The molecule has 0 spiro atoms. The smallest absolute Gasteiger partial charge is 0.265 e. The second kappa shape index (κ2) is 6.10. The van der Waals surface area contributed by atoms with Gasteiger partial charge in [-0.05, 0) is 31.5 Å². The molecule has 114 valence electrons. The summed E-state index contributed by atoms with van der Waals surface area (Å²) in [4.78, 5) is 12.3. The average Bonchev–Trinajstić information content (AvgIpc) is 2.55. The Hall–Kier alpha value is -2.49. The Balaban J connectivity index is 1.64. The maximum atomic E-state index is 12.3. The van der Waals surface area contributed by atoms with E-state index in [1.165, 1.54) is 5.56 Å². The number of para-hydroxylation sites is 2. The van der Waals surface area contributed by atoms with E-state index in [2.05, 4.69) is 5.32 Å². The fourth-order valence-electron chi connectivity index (χ4n) is 2.39. The summed E-state index contributed by atoms with van der Waals surface area (Å²) in [5.74, 6) is 1.12. The van der Waals surface area contributed by atoms with Crippen LogP contribution >= 0.6 is 0 Å². The Kier molecular flexibility index (Phi) is 4.00. The van der Waals surface area contributed by atoms with Gasteiger partial charge in [0.15, 0.2) is 11.5 Å². The molecule has 2 aromatic carbocycles. The molecule has 4 nitrogen and oxygen atoms in total. The molecule has 1 aliphatic heterocycles. The van der Waals surface area contributed by atoms with E-state index in [4.69, 9.17) is 9.47 Å². The summed E-state index contributed by atoms with van der Waals surface area (Å²) in [5.41, 5.74) is 2.26. The van der Waals surface area contributed by atoms with Crippen molar-refractivity contribution in [2.75, 3.05) is 6.61 Å². The maximum Gasteiger partial charge on any atom is 0.265 e. The van der Waals surface area contributed by atoms with E-state index >= 15 is 0 Å². The molecule has 3 rings (SSSR count). The first-order valence-electron chi connectivity index (χ1n) is 7.39. The highest BCUT2D eigenvalue weighted by Gasteiger charge is 2.28. The van der Waals surface area contributed by atoms with E-state index in [-0.39, 0.29) is 18.6 Å². The molecule has 22 heavy (non-hydrogen) atoms. The van der Waals surface area contributed by atoms with Crippen LogP contribution in [-0.2, 0) is 4.79 Å². The number of carbonyl (C=O) groups is 1. The van der Waals surface area contributed by atoms with Crippen LogP contribution in [-0.4, -0.2) is 18.6 Å². The minimum atomic E-state index is -0.622. The third kappa shape index (κ3) is 3.06. The van der Waals surface area contributed by atoms with Crippen molar-refractivity contribution in [3.63, 3.8) is 0 Å². The number of amides is 1. The van der Waals surface area contributed by atoms with Gasteiger partial charge in [-0.2, -0.15) is 0 Å². The van der Waals surface area contributed by atoms with Gasteiger partial charge in [0.05, 0.1) is 6.04 Å². The van der Waals surface area contributed by atoms with E-state index in [0.29, 0.717) is 11.5 Å². The second-order valence-electron chi connectivity index (χ2n) is 5.51. The van der Waals surface area contributed by atoms with Crippen LogP contribution < -0.4 is 14.8 Å². The predicted molar refractivity (Wildman–Crippen MR) is 84.1 cm³/mol. The molecule has 0 aliphatic carbocycles. The Morgan fingerprint density at radius 3 is 2.55 bits per heavy atom. The Morgan fingerprint density at radius 1 is 1.14 bits per heavy atom. The number of carbonyl (C=O) groups excluding carboxylic acids is 1. The van der Waals surface area contributed by atoms with E-state index in [9.17, 15) is 4.79 Å². The Morgan fingerprint density at radius 2 is 1.82 bits per heavy atom. The molecule has 0 aromatic heterocycles. The monoisotopic (exact) mass is 297 g/mol. The molecule has 0 saturated heterocycles. The lowest BCUT2D eigenvalue weighted by atomic mass is 10.1. The van der Waals surface area contributed by atoms with E-state index in [0.717, 1.165) is 5.56 Å². The van der Waals surface area contributed by atoms with E-state index in [1.54, 1.807) is 6.07 Å². The molecular formula is C18H19NO3. The molecule has 1 amide bonds. The normalized spacial score (nSPS) is 17.6. The zero-order valence-electron chi connectivity index (χ0n) is 12.7. The molecule has 0 radical (unpaired) electrons. The highest BCUT2D eigenvalue weighted by molar-refractivity contribution is 5.82. The van der Waals surface area contributed by atoms with Crippen molar-refractivity contribution in [3.8, 4) is 11.5 Å². The molecule has 0 unspecified atom stereocenters. The number of aryl methyl sites for hydroxylation is 1. The van der Waals surface area contributed by atoms with Crippen molar-refractivity contribution in [1.29, 1.82) is 0 Å². The summed E-state index contributed by atoms with van der Waals surface area (Å²) in [7, 11) is 0. The number of benzene rings is 2. The first-order chi connectivity index (χ1) is 10.6. The van der Waals surface area contributed by atoms with Crippen LogP contribution in [0.2, 0.25) is 0 Å². The quantitative estimate of drug-likeness (QED) is 0.947. The molecule has 2 aromatic rings. The van der Waals surface area contributed by atoms with Crippen molar-refractivity contribution in [2.24, 2.45) is 0 Å². The summed E-state index contributed by atoms with van der Waals surface area (Å²) in [6.07, 6.45) is -0.622. The Labute approximate surface area is 130 Å². The zero-order valence-corrected chi connectivity index (χ0v) is 12.7. The predicted octanol–water partition coefficient (Wildman–Crippen LogP) is 3.01. The molecule has 4 heteroatoms. The number of hydrogen-bond donors (Lipinski definition) is 1. The van der Waals surface area contributed by atoms with Crippen LogP contribution in [0, 0.1) is 6.92 Å². The number of hydrogen-bond acceptors (Lipinski definition) is 3. The van der Waals surface area contributed by atoms with Gasteiger partial charge >= 0.3 is 0 Å². The summed E-state index contributed by atoms with van der Waals surface area (Å²) in [6.45, 7) is 4.22. The summed E-state index contributed by atoms with van der Waals surface area (Å²) in [5, 5.41) is 2.97. The minimum absolute atomic E-state index is 0.0751. The SMILES string of the molecule is Cc1ccc([C@H](C)NC(=O)[C@@H]2COc3ccccc3O2)cc1. The minimum Gasteiger partial charge on any atom is -0.485 e. The number of rotatable bonds is 3. The molecule has 0 saturated carbocycles. The van der Waals surface area contributed by atoms with Gasteiger partial charge in [0.2, 0.25) is 6.10 Å². The zero-order chi connectivity index (χ0) is 15.5. The van der Waals surface area contributed by atoms with E-state index < -0.39 is 6.10 Å². The van der Waals surface area contributed by atoms with Gasteiger partial charge in [0, 0.05) is 0 Å². The first kappa shape index (κ1) is 14.4. The summed E-state index contributed by atoms with van der Waals surface area (Å²) in [6, 6.07) is 15.4. The third-order valence-electron chi connectivity index (χ3n) is 3.74. The van der Waals surface area contributed by atoms with Gasteiger partial charge in [-0.15, -0.1) is 0 Å². The summed E-state index contributed by atoms with van der Waals surface area (Å²) < 4.78 is 11.3. The fourth-order valence-corrected chi connectivity index (χ4v) is 2.39. The number of fused-ring (bicyclic) bond motifs is 1. The van der Waals surface area contributed by atoms with Crippen LogP contribution in [0.15, 0.2) is 48.5 Å². The first-order valence-corrected chi connectivity index (χ1v) is 7.39. The number of nitrogens with one attached hydrogen (secondary N) is 1. The molecule has 1 N–H and O–H groups in total.